The van der Waals surface area contributed by atoms with Crippen LogP contribution in [0, 0.1) is 0 Å². The van der Waals surface area contributed by atoms with E-state index in [1.165, 1.54) is 10.4 Å². The fourth-order valence-corrected chi connectivity index (χ4v) is 3.76. The highest BCUT2D eigenvalue weighted by molar-refractivity contribution is 7.21. The van der Waals surface area contributed by atoms with Gasteiger partial charge in [0.25, 0.3) is 0 Å². The van der Waals surface area contributed by atoms with Crippen LogP contribution in [0.2, 0.25) is 0 Å². The van der Waals surface area contributed by atoms with Gasteiger partial charge in [-0.25, -0.2) is 9.97 Å². The van der Waals surface area contributed by atoms with Gasteiger partial charge in [-0.15, -0.1) is 11.3 Å². The number of thiophene rings is 1. The third kappa shape index (κ3) is 4.38. The predicted molar refractivity (Wildman–Crippen MR) is 109 cm³/mol. The molecule has 0 bridgehead atoms. The van der Waals surface area contributed by atoms with Crippen molar-refractivity contribution in [2.24, 2.45) is 0 Å². The molecule has 2 heterocycles. The zero-order valence-electron chi connectivity index (χ0n) is 15.2. The summed E-state index contributed by atoms with van der Waals surface area (Å²) >= 11 is 1.66. The van der Waals surface area contributed by atoms with Crippen LogP contribution < -0.4 is 10.2 Å². The van der Waals surface area contributed by atoms with Crippen molar-refractivity contribution in [3.63, 3.8) is 0 Å². The minimum atomic E-state index is 0.0888. The molecule has 1 aromatic carbocycles. The molecule has 136 valence electrons. The summed E-state index contributed by atoms with van der Waals surface area (Å²) in [5, 5.41) is 3.99. The maximum atomic E-state index is 11.9. The Labute approximate surface area is 158 Å². The van der Waals surface area contributed by atoms with E-state index in [4.69, 9.17) is 0 Å². The molecule has 3 aromatic rings. The molecule has 1 N–H and O–H groups in total. The summed E-state index contributed by atoms with van der Waals surface area (Å²) in [6.07, 6.45) is 4.16. The molecule has 0 atom stereocenters. The molecule has 0 saturated heterocycles. The fraction of sp³-hybridized carbons (Fsp3) is 0.350. The van der Waals surface area contributed by atoms with Crippen molar-refractivity contribution >= 4 is 33.3 Å². The van der Waals surface area contributed by atoms with Crippen LogP contribution in [0.4, 0.5) is 5.82 Å². The van der Waals surface area contributed by atoms with Crippen molar-refractivity contribution in [3.8, 4) is 10.4 Å². The quantitative estimate of drug-likeness (QED) is 0.608. The number of fused-ring (bicyclic) bond motifs is 1. The smallest absolute Gasteiger partial charge is 0.221 e. The van der Waals surface area contributed by atoms with Crippen LogP contribution in [0.5, 0.6) is 0 Å². The van der Waals surface area contributed by atoms with E-state index in [1.807, 2.05) is 30.1 Å². The normalized spacial score (nSPS) is 10.8. The first-order valence-electron chi connectivity index (χ1n) is 8.97. The Balaban J connectivity index is 1.73. The van der Waals surface area contributed by atoms with Crippen molar-refractivity contribution in [1.82, 2.24) is 15.3 Å². The lowest BCUT2D eigenvalue weighted by Gasteiger charge is -2.18. The molecule has 26 heavy (non-hydrogen) atoms. The van der Waals surface area contributed by atoms with Crippen molar-refractivity contribution in [1.29, 1.82) is 0 Å². The molecular formula is C20H24N4OS. The molecular weight excluding hydrogens is 344 g/mol. The average molecular weight is 369 g/mol. The van der Waals surface area contributed by atoms with E-state index >= 15 is 0 Å². The Morgan fingerprint density at radius 3 is 2.81 bits per heavy atom. The second-order valence-corrected chi connectivity index (χ2v) is 7.30. The molecule has 2 aromatic heterocycles. The largest absolute Gasteiger partial charge is 0.359 e. The van der Waals surface area contributed by atoms with Gasteiger partial charge < -0.3 is 10.2 Å². The van der Waals surface area contributed by atoms with Gasteiger partial charge in [0.05, 0.1) is 5.39 Å². The highest BCUT2D eigenvalue weighted by Gasteiger charge is 2.14. The number of nitrogens with zero attached hydrogens (tertiary/aromatic N) is 3. The van der Waals surface area contributed by atoms with Crippen molar-refractivity contribution < 1.29 is 4.79 Å². The molecule has 0 aliphatic heterocycles. The second kappa shape index (κ2) is 8.76. The third-order valence-electron chi connectivity index (χ3n) is 4.26. The maximum absolute atomic E-state index is 11.9. The van der Waals surface area contributed by atoms with Crippen LogP contribution in [0.3, 0.4) is 0 Å². The van der Waals surface area contributed by atoms with Crippen molar-refractivity contribution in [2.75, 3.05) is 25.0 Å². The summed E-state index contributed by atoms with van der Waals surface area (Å²) in [6.45, 7) is 3.49. The van der Waals surface area contributed by atoms with Crippen molar-refractivity contribution in [3.05, 3.63) is 42.7 Å². The molecule has 0 aliphatic rings. The van der Waals surface area contributed by atoms with Crippen LogP contribution in [0.1, 0.15) is 26.2 Å². The highest BCUT2D eigenvalue weighted by atomic mass is 32.1. The molecule has 0 radical (unpaired) electrons. The summed E-state index contributed by atoms with van der Waals surface area (Å²) in [4.78, 5) is 25.0. The van der Waals surface area contributed by atoms with Gasteiger partial charge >= 0.3 is 0 Å². The first-order valence-corrected chi connectivity index (χ1v) is 9.78. The predicted octanol–water partition coefficient (Wildman–Crippen LogP) is 4.10. The first kappa shape index (κ1) is 18.3. The molecule has 0 aliphatic carbocycles. The number of anilines is 1. The zero-order chi connectivity index (χ0) is 18.4. The minimum absolute atomic E-state index is 0.0888. The van der Waals surface area contributed by atoms with Gasteiger partial charge in [-0.1, -0.05) is 43.7 Å². The van der Waals surface area contributed by atoms with Crippen LogP contribution in [-0.4, -0.2) is 36.0 Å². The van der Waals surface area contributed by atoms with E-state index in [-0.39, 0.29) is 5.91 Å². The highest BCUT2D eigenvalue weighted by Crippen LogP contribution is 2.35. The summed E-state index contributed by atoms with van der Waals surface area (Å²) in [7, 11) is 1.97. The standard InChI is InChI=1S/C20H24N4OS/c1-3-4-11-21-18(25)10-12-24(2)19-16-13-17(15-8-6-5-7-9-15)26-20(16)23-14-22-19/h5-9,13-14H,3-4,10-12H2,1-2H3,(H,21,25). The number of unbranched alkanes of at least 4 members (excludes halogenated alkanes) is 1. The molecule has 6 heteroatoms. The number of carbonyl (C=O) groups excluding carboxylic acids is 1. The Hall–Kier alpha value is -2.47. The van der Waals surface area contributed by atoms with Gasteiger partial charge in [0, 0.05) is 31.4 Å². The van der Waals surface area contributed by atoms with E-state index in [1.54, 1.807) is 17.7 Å². The molecule has 5 nitrogen and oxygen atoms in total. The molecule has 0 saturated carbocycles. The number of benzene rings is 1. The van der Waals surface area contributed by atoms with Gasteiger partial charge in [-0.2, -0.15) is 0 Å². The van der Waals surface area contributed by atoms with Gasteiger partial charge in [-0.3, -0.25) is 4.79 Å². The number of rotatable bonds is 8. The minimum Gasteiger partial charge on any atom is -0.359 e. The fourth-order valence-electron chi connectivity index (χ4n) is 2.76. The Kier molecular flexibility index (Phi) is 6.17. The zero-order valence-corrected chi connectivity index (χ0v) is 16.1. The maximum Gasteiger partial charge on any atom is 0.221 e. The van der Waals surface area contributed by atoms with Crippen molar-refractivity contribution in [2.45, 2.75) is 26.2 Å². The SMILES string of the molecule is CCCCNC(=O)CCN(C)c1ncnc2sc(-c3ccccc3)cc12. The van der Waals surface area contributed by atoms with E-state index < -0.39 is 0 Å². The lowest BCUT2D eigenvalue weighted by atomic mass is 10.2. The Morgan fingerprint density at radius 1 is 1.23 bits per heavy atom. The number of aromatic nitrogens is 2. The van der Waals surface area contributed by atoms with Gasteiger partial charge in [0.15, 0.2) is 0 Å². The number of amides is 1. The first-order chi connectivity index (χ1) is 12.7. The molecule has 0 unspecified atom stereocenters. The van der Waals surface area contributed by atoms with E-state index in [0.29, 0.717) is 13.0 Å². The summed E-state index contributed by atoms with van der Waals surface area (Å²) in [5.74, 6) is 0.959. The van der Waals surface area contributed by atoms with Crippen LogP contribution in [0.15, 0.2) is 42.7 Å². The number of hydrogen-bond acceptors (Lipinski definition) is 5. The molecule has 0 fully saturated rings. The Bertz CT molecular complexity index is 863. The van der Waals surface area contributed by atoms with Crippen LogP contribution in [-0.2, 0) is 4.79 Å². The Morgan fingerprint density at radius 2 is 2.04 bits per heavy atom. The number of hydrogen-bond donors (Lipinski definition) is 1. The van der Waals surface area contributed by atoms with Gasteiger partial charge in [0.1, 0.15) is 17.0 Å². The summed E-state index contributed by atoms with van der Waals surface area (Å²) in [6, 6.07) is 12.4. The van der Waals surface area contributed by atoms with Crippen LogP contribution >= 0.6 is 11.3 Å². The lowest BCUT2D eigenvalue weighted by Crippen LogP contribution is -2.29. The number of nitrogens with one attached hydrogen (secondary N) is 1. The molecule has 1 amide bonds. The third-order valence-corrected chi connectivity index (χ3v) is 5.35. The van der Waals surface area contributed by atoms with Crippen LogP contribution in [0.25, 0.3) is 20.7 Å². The second-order valence-electron chi connectivity index (χ2n) is 6.27. The van der Waals surface area contributed by atoms with E-state index in [9.17, 15) is 4.79 Å². The van der Waals surface area contributed by atoms with Gasteiger partial charge in [0.2, 0.25) is 5.91 Å². The average Bonchev–Trinajstić information content (AvgIpc) is 3.11. The topological polar surface area (TPSA) is 58.1 Å². The lowest BCUT2D eigenvalue weighted by molar-refractivity contribution is -0.120. The molecule has 3 rings (SSSR count). The summed E-state index contributed by atoms with van der Waals surface area (Å²) in [5.41, 5.74) is 1.18. The van der Waals surface area contributed by atoms with E-state index in [2.05, 4.69) is 40.4 Å². The van der Waals surface area contributed by atoms with Gasteiger partial charge in [-0.05, 0) is 18.1 Å². The monoisotopic (exact) mass is 368 g/mol. The van der Waals surface area contributed by atoms with E-state index in [0.717, 1.165) is 35.4 Å². The molecule has 0 spiro atoms. The summed E-state index contributed by atoms with van der Waals surface area (Å²) < 4.78 is 0. The number of carbonyl (C=O) groups is 1.